The first-order valence-corrected chi connectivity index (χ1v) is 8.96. The summed E-state index contributed by atoms with van der Waals surface area (Å²) in [4.78, 5) is 52.3. The Morgan fingerprint density at radius 2 is 1.86 bits per heavy atom. The molecule has 0 radical (unpaired) electrons. The third kappa shape index (κ3) is 4.17. The van der Waals surface area contributed by atoms with Crippen LogP contribution in [-0.4, -0.2) is 37.2 Å². The van der Waals surface area contributed by atoms with Gasteiger partial charge in [0.15, 0.2) is 17.8 Å². The zero-order valence-electron chi connectivity index (χ0n) is 15.3. The predicted molar refractivity (Wildman–Crippen MR) is 106 cm³/mol. The van der Waals surface area contributed by atoms with Gasteiger partial charge in [0.05, 0.1) is 16.4 Å². The highest BCUT2D eigenvalue weighted by Crippen LogP contribution is 2.24. The lowest BCUT2D eigenvalue weighted by atomic mass is 10.3. The number of carbonyl (C=O) groups excluding carboxylic acids is 2. The van der Waals surface area contributed by atoms with Gasteiger partial charge >= 0.3 is 11.7 Å². The Morgan fingerprint density at radius 1 is 1.14 bits per heavy atom. The Bertz CT molecular complexity index is 1240. The molecular formula is C17H15Cl2N5O5. The third-order valence-electron chi connectivity index (χ3n) is 4.08. The summed E-state index contributed by atoms with van der Waals surface area (Å²) in [6.45, 7) is -0.897. The molecule has 0 saturated carbocycles. The quantitative estimate of drug-likeness (QED) is 0.590. The van der Waals surface area contributed by atoms with Gasteiger partial charge in [-0.3, -0.25) is 23.5 Å². The van der Waals surface area contributed by atoms with E-state index in [1.54, 1.807) is 6.07 Å². The van der Waals surface area contributed by atoms with Crippen LogP contribution in [0.2, 0.25) is 10.0 Å². The van der Waals surface area contributed by atoms with E-state index < -0.39 is 29.7 Å². The number of imidazole rings is 1. The van der Waals surface area contributed by atoms with Gasteiger partial charge in [0.2, 0.25) is 0 Å². The van der Waals surface area contributed by atoms with E-state index in [0.29, 0.717) is 10.7 Å². The maximum atomic E-state index is 12.3. The van der Waals surface area contributed by atoms with Crippen molar-refractivity contribution < 1.29 is 14.3 Å². The van der Waals surface area contributed by atoms with Crippen LogP contribution < -0.4 is 16.6 Å². The first-order valence-electron chi connectivity index (χ1n) is 8.20. The zero-order chi connectivity index (χ0) is 21.3. The summed E-state index contributed by atoms with van der Waals surface area (Å²) in [6, 6.07) is 4.52. The van der Waals surface area contributed by atoms with Crippen molar-refractivity contribution in [1.29, 1.82) is 0 Å². The summed E-state index contributed by atoms with van der Waals surface area (Å²) >= 11 is 11.7. The van der Waals surface area contributed by atoms with Gasteiger partial charge in [0, 0.05) is 19.8 Å². The molecular weight excluding hydrogens is 425 g/mol. The monoisotopic (exact) mass is 439 g/mol. The summed E-state index contributed by atoms with van der Waals surface area (Å²) in [7, 11) is 2.79. The molecule has 0 saturated heterocycles. The van der Waals surface area contributed by atoms with Crippen molar-refractivity contribution in [1.82, 2.24) is 18.7 Å². The van der Waals surface area contributed by atoms with E-state index in [-0.39, 0.29) is 22.7 Å². The molecule has 10 nitrogen and oxygen atoms in total. The molecule has 0 atom stereocenters. The standard InChI is InChI=1S/C17H15Cl2N5O5/c1-22-15-14(16(27)23(2)17(22)28)24(8-20-15)6-13(26)29-7-12(25)21-9-3-4-10(18)11(19)5-9/h3-5,8H,6-7H2,1-2H3,(H,21,25). The fraction of sp³-hybridized carbons (Fsp3) is 0.235. The summed E-state index contributed by atoms with van der Waals surface area (Å²) < 4.78 is 8.31. The van der Waals surface area contributed by atoms with Gasteiger partial charge in [0.1, 0.15) is 6.54 Å². The minimum atomic E-state index is -0.760. The van der Waals surface area contributed by atoms with Crippen LogP contribution in [0.1, 0.15) is 0 Å². The molecule has 29 heavy (non-hydrogen) atoms. The lowest BCUT2D eigenvalue weighted by Gasteiger charge is -2.08. The van der Waals surface area contributed by atoms with Crippen molar-refractivity contribution in [3.05, 3.63) is 55.4 Å². The molecule has 3 rings (SSSR count). The number of aryl methyl sites for hydroxylation is 1. The van der Waals surface area contributed by atoms with Crippen LogP contribution in [0.3, 0.4) is 0 Å². The SMILES string of the molecule is Cn1c(=O)c2c(ncn2CC(=O)OCC(=O)Nc2ccc(Cl)c(Cl)c2)n(C)c1=O. The summed E-state index contributed by atoms with van der Waals surface area (Å²) in [5.41, 5.74) is -0.513. The third-order valence-corrected chi connectivity index (χ3v) is 4.82. The second-order valence-corrected chi connectivity index (χ2v) is 6.90. The first kappa shape index (κ1) is 20.6. The lowest BCUT2D eigenvalue weighted by Crippen LogP contribution is -2.37. The molecule has 0 aliphatic rings. The summed E-state index contributed by atoms with van der Waals surface area (Å²) in [6.07, 6.45) is 1.25. The highest BCUT2D eigenvalue weighted by Gasteiger charge is 2.17. The molecule has 1 amide bonds. The van der Waals surface area contributed by atoms with Crippen LogP contribution in [-0.2, 0) is 35.0 Å². The van der Waals surface area contributed by atoms with Crippen LogP contribution in [0, 0.1) is 0 Å². The normalized spacial score (nSPS) is 10.9. The number of esters is 1. The number of nitrogens with one attached hydrogen (secondary N) is 1. The smallest absolute Gasteiger partial charge is 0.332 e. The number of hydrogen-bond acceptors (Lipinski definition) is 6. The van der Waals surface area contributed by atoms with Gasteiger partial charge in [-0.25, -0.2) is 9.78 Å². The van der Waals surface area contributed by atoms with Crippen LogP contribution in [0.5, 0.6) is 0 Å². The van der Waals surface area contributed by atoms with Crippen LogP contribution in [0.4, 0.5) is 5.69 Å². The van der Waals surface area contributed by atoms with Crippen molar-refractivity contribution in [2.75, 3.05) is 11.9 Å². The van der Waals surface area contributed by atoms with E-state index in [1.807, 2.05) is 0 Å². The second-order valence-electron chi connectivity index (χ2n) is 6.09. The van der Waals surface area contributed by atoms with Crippen molar-refractivity contribution in [3.63, 3.8) is 0 Å². The largest absolute Gasteiger partial charge is 0.454 e. The van der Waals surface area contributed by atoms with Crippen molar-refractivity contribution in [3.8, 4) is 0 Å². The maximum absolute atomic E-state index is 12.3. The minimum absolute atomic E-state index is 0.0757. The molecule has 0 unspecified atom stereocenters. The molecule has 0 fully saturated rings. The van der Waals surface area contributed by atoms with Gasteiger partial charge in [-0.15, -0.1) is 0 Å². The molecule has 1 N–H and O–H groups in total. The summed E-state index contributed by atoms with van der Waals surface area (Å²) in [5.74, 6) is -1.34. The molecule has 0 aliphatic heterocycles. The molecule has 0 aliphatic carbocycles. The van der Waals surface area contributed by atoms with Gasteiger partial charge in [-0.1, -0.05) is 23.2 Å². The molecule has 152 valence electrons. The van der Waals surface area contributed by atoms with Crippen LogP contribution in [0.25, 0.3) is 11.2 Å². The van der Waals surface area contributed by atoms with E-state index in [0.717, 1.165) is 4.57 Å². The lowest BCUT2D eigenvalue weighted by molar-refractivity contribution is -0.147. The van der Waals surface area contributed by atoms with E-state index in [2.05, 4.69) is 10.3 Å². The van der Waals surface area contributed by atoms with Gasteiger partial charge < -0.3 is 14.6 Å². The van der Waals surface area contributed by atoms with E-state index in [1.165, 1.54) is 41.7 Å². The molecule has 2 aromatic heterocycles. The highest BCUT2D eigenvalue weighted by molar-refractivity contribution is 6.42. The van der Waals surface area contributed by atoms with Crippen LogP contribution in [0.15, 0.2) is 34.1 Å². The fourth-order valence-corrected chi connectivity index (χ4v) is 2.92. The Labute approximate surface area is 173 Å². The van der Waals surface area contributed by atoms with Gasteiger partial charge in [0.25, 0.3) is 11.5 Å². The number of rotatable bonds is 5. The molecule has 0 spiro atoms. The fourth-order valence-electron chi connectivity index (χ4n) is 2.62. The minimum Gasteiger partial charge on any atom is -0.454 e. The molecule has 1 aromatic carbocycles. The van der Waals surface area contributed by atoms with E-state index in [4.69, 9.17) is 27.9 Å². The van der Waals surface area contributed by atoms with Gasteiger partial charge in [-0.05, 0) is 18.2 Å². The molecule has 2 heterocycles. The van der Waals surface area contributed by atoms with Crippen LogP contribution >= 0.6 is 23.2 Å². The number of amides is 1. The number of fused-ring (bicyclic) bond motifs is 1. The Morgan fingerprint density at radius 3 is 2.55 bits per heavy atom. The van der Waals surface area contributed by atoms with E-state index >= 15 is 0 Å². The number of hydrogen-bond donors (Lipinski definition) is 1. The Balaban J connectivity index is 1.67. The van der Waals surface area contributed by atoms with Crippen molar-refractivity contribution >= 4 is 51.9 Å². The van der Waals surface area contributed by atoms with Crippen molar-refractivity contribution in [2.24, 2.45) is 14.1 Å². The molecule has 12 heteroatoms. The van der Waals surface area contributed by atoms with E-state index in [9.17, 15) is 19.2 Å². The first-order chi connectivity index (χ1) is 13.7. The number of halogens is 2. The zero-order valence-corrected chi connectivity index (χ0v) is 16.8. The molecule has 0 bridgehead atoms. The number of ether oxygens (including phenoxy) is 1. The Kier molecular flexibility index (Phi) is 5.76. The average Bonchev–Trinajstić information content (AvgIpc) is 3.09. The second kappa shape index (κ2) is 8.10. The number of nitrogens with zero attached hydrogens (tertiary/aromatic N) is 4. The topological polar surface area (TPSA) is 117 Å². The maximum Gasteiger partial charge on any atom is 0.332 e. The number of carbonyl (C=O) groups is 2. The van der Waals surface area contributed by atoms with Gasteiger partial charge in [-0.2, -0.15) is 0 Å². The molecule has 3 aromatic rings. The number of anilines is 1. The number of benzene rings is 1. The highest BCUT2D eigenvalue weighted by atomic mass is 35.5. The Hall–Kier alpha value is -3.11. The average molecular weight is 440 g/mol. The predicted octanol–water partition coefficient (Wildman–Crippen LogP) is 0.922. The van der Waals surface area contributed by atoms with Crippen molar-refractivity contribution in [2.45, 2.75) is 6.54 Å². The number of aromatic nitrogens is 4. The summed E-state index contributed by atoms with van der Waals surface area (Å²) in [5, 5.41) is 3.12.